The molecule has 4 N–H and O–H groups in total. The Bertz CT molecular complexity index is 148. The zero-order chi connectivity index (χ0) is 12.8. The van der Waals surface area contributed by atoms with E-state index in [1.807, 2.05) is 0 Å². The molecule has 0 saturated carbocycles. The predicted molar refractivity (Wildman–Crippen MR) is 60.2 cm³/mol. The van der Waals surface area contributed by atoms with Gasteiger partial charge in [0.2, 0.25) is 0 Å². The summed E-state index contributed by atoms with van der Waals surface area (Å²) in [6.07, 6.45) is 2.30. The number of nitrogens with zero attached hydrogens (tertiary/aromatic N) is 1. The van der Waals surface area contributed by atoms with Crippen LogP contribution in [0.3, 0.4) is 0 Å². The van der Waals surface area contributed by atoms with Gasteiger partial charge < -0.3 is 20.4 Å². The lowest BCUT2D eigenvalue weighted by molar-refractivity contribution is -0.140. The van der Waals surface area contributed by atoms with E-state index >= 15 is 0 Å². The smallest absolute Gasteiger partial charge is 0.329 e. The number of aliphatic hydroxyl groups excluding tert-OH is 3. The number of carboxylic acids is 1. The van der Waals surface area contributed by atoms with Crippen molar-refractivity contribution in [2.75, 3.05) is 39.5 Å². The van der Waals surface area contributed by atoms with Gasteiger partial charge in [0.15, 0.2) is 0 Å². The minimum atomic E-state index is -1.19. The fourth-order valence-electron chi connectivity index (χ4n) is 1.000. The highest BCUT2D eigenvalue weighted by molar-refractivity contribution is 5.67. The van der Waals surface area contributed by atoms with Crippen molar-refractivity contribution in [1.29, 1.82) is 0 Å². The second kappa shape index (κ2) is 14.3. The molecule has 0 fully saturated rings. The third-order valence-electron chi connectivity index (χ3n) is 1.80. The maximum absolute atomic E-state index is 9.12. The minimum Gasteiger partial charge on any atom is -0.480 e. The largest absolute Gasteiger partial charge is 0.480 e. The molecule has 0 aromatic rings. The Hall–Kier alpha value is -0.690. The number of hydrogen-bond donors (Lipinski definition) is 4. The van der Waals surface area contributed by atoms with Crippen LogP contribution in [0.15, 0.2) is 0 Å². The number of hydrogen-bond acceptors (Lipinski definition) is 5. The van der Waals surface area contributed by atoms with Gasteiger partial charge in [0.1, 0.15) is 6.61 Å². The lowest BCUT2D eigenvalue weighted by atomic mass is 10.3. The van der Waals surface area contributed by atoms with E-state index in [1.165, 1.54) is 0 Å². The molecule has 0 aliphatic carbocycles. The second-order valence-corrected chi connectivity index (χ2v) is 3.19. The Balaban J connectivity index is 0. The van der Waals surface area contributed by atoms with Gasteiger partial charge in [0.25, 0.3) is 0 Å². The lowest BCUT2D eigenvalue weighted by Gasteiger charge is -2.19. The predicted octanol–water partition coefficient (Wildman–Crippen LogP) is -0.864. The minimum absolute atomic E-state index is 0.184. The fraction of sp³-hybridized carbons (Fsp3) is 0.900. The topological polar surface area (TPSA) is 101 Å². The van der Waals surface area contributed by atoms with E-state index in [0.29, 0.717) is 13.1 Å². The summed E-state index contributed by atoms with van der Waals surface area (Å²) in [6, 6.07) is 0. The van der Waals surface area contributed by atoms with E-state index in [9.17, 15) is 0 Å². The SMILES string of the molecule is CCCCN(CCO)CCO.O=C(O)CO. The van der Waals surface area contributed by atoms with E-state index in [-0.39, 0.29) is 13.2 Å². The van der Waals surface area contributed by atoms with Crippen molar-refractivity contribution in [2.24, 2.45) is 0 Å². The van der Waals surface area contributed by atoms with Crippen LogP contribution in [0.5, 0.6) is 0 Å². The van der Waals surface area contributed by atoms with Gasteiger partial charge in [-0.25, -0.2) is 4.79 Å². The first-order valence-corrected chi connectivity index (χ1v) is 5.39. The standard InChI is InChI=1S/C8H19NO2.C2H4O3/c1-2-3-4-9(5-7-10)6-8-11;3-1-2(4)5/h10-11H,2-8H2,1H3;3H,1H2,(H,4,5). The van der Waals surface area contributed by atoms with Crippen LogP contribution in [0, 0.1) is 0 Å². The van der Waals surface area contributed by atoms with Crippen molar-refractivity contribution in [3.05, 3.63) is 0 Å². The van der Waals surface area contributed by atoms with Gasteiger partial charge in [0, 0.05) is 13.1 Å². The Morgan fingerprint density at radius 3 is 1.75 bits per heavy atom. The summed E-state index contributed by atoms with van der Waals surface area (Å²) in [6.45, 7) is 4.07. The van der Waals surface area contributed by atoms with Gasteiger partial charge in [-0.15, -0.1) is 0 Å². The third kappa shape index (κ3) is 15.8. The second-order valence-electron chi connectivity index (χ2n) is 3.19. The maximum Gasteiger partial charge on any atom is 0.329 e. The van der Waals surface area contributed by atoms with Crippen LogP contribution in [-0.2, 0) is 4.79 Å². The van der Waals surface area contributed by atoms with Gasteiger partial charge in [-0.2, -0.15) is 0 Å². The molecule has 6 heteroatoms. The molecule has 0 radical (unpaired) electrons. The third-order valence-corrected chi connectivity index (χ3v) is 1.80. The zero-order valence-electron chi connectivity index (χ0n) is 9.80. The molecule has 0 unspecified atom stereocenters. The number of rotatable bonds is 8. The van der Waals surface area contributed by atoms with Crippen LogP contribution in [0.4, 0.5) is 0 Å². The summed E-state index contributed by atoms with van der Waals surface area (Å²) in [5.74, 6) is -1.19. The summed E-state index contributed by atoms with van der Waals surface area (Å²) < 4.78 is 0. The lowest BCUT2D eigenvalue weighted by Crippen LogP contribution is -2.30. The molecule has 0 saturated heterocycles. The highest BCUT2D eigenvalue weighted by Gasteiger charge is 2.00. The van der Waals surface area contributed by atoms with Crippen LogP contribution in [0.25, 0.3) is 0 Å². The normalized spacial score (nSPS) is 9.81. The summed E-state index contributed by atoms with van der Waals surface area (Å²) in [5, 5.41) is 32.3. The van der Waals surface area contributed by atoms with Crippen LogP contribution in [0.1, 0.15) is 19.8 Å². The Morgan fingerprint density at radius 1 is 1.06 bits per heavy atom. The monoisotopic (exact) mass is 237 g/mol. The molecule has 0 aromatic heterocycles. The number of aliphatic carboxylic acids is 1. The van der Waals surface area contributed by atoms with E-state index in [1.54, 1.807) is 0 Å². The van der Waals surface area contributed by atoms with Crippen LogP contribution >= 0.6 is 0 Å². The quantitative estimate of drug-likeness (QED) is 0.438. The number of unbranched alkanes of at least 4 members (excludes halogenated alkanes) is 1. The molecular formula is C10H23NO5. The fourth-order valence-corrected chi connectivity index (χ4v) is 1.000. The molecular weight excluding hydrogens is 214 g/mol. The van der Waals surface area contributed by atoms with Crippen molar-refractivity contribution in [1.82, 2.24) is 4.90 Å². The Labute approximate surface area is 96.1 Å². The van der Waals surface area contributed by atoms with Crippen molar-refractivity contribution < 1.29 is 25.2 Å². The first-order chi connectivity index (χ1) is 7.62. The highest BCUT2D eigenvalue weighted by Crippen LogP contribution is 1.93. The molecule has 0 aromatic carbocycles. The van der Waals surface area contributed by atoms with Crippen LogP contribution in [0.2, 0.25) is 0 Å². The molecule has 0 heterocycles. The Kier molecular flexibility index (Phi) is 15.8. The van der Waals surface area contributed by atoms with E-state index in [2.05, 4.69) is 11.8 Å². The van der Waals surface area contributed by atoms with Gasteiger partial charge in [0.05, 0.1) is 13.2 Å². The molecule has 0 spiro atoms. The van der Waals surface area contributed by atoms with E-state index in [0.717, 1.165) is 19.4 Å². The summed E-state index contributed by atoms with van der Waals surface area (Å²) in [5.41, 5.74) is 0. The molecule has 6 nitrogen and oxygen atoms in total. The number of carboxylic acid groups (broad SMARTS) is 1. The van der Waals surface area contributed by atoms with Gasteiger partial charge >= 0.3 is 5.97 Å². The van der Waals surface area contributed by atoms with Crippen molar-refractivity contribution in [3.63, 3.8) is 0 Å². The van der Waals surface area contributed by atoms with E-state index < -0.39 is 12.6 Å². The van der Waals surface area contributed by atoms with Crippen LogP contribution in [-0.4, -0.2) is 70.8 Å². The zero-order valence-corrected chi connectivity index (χ0v) is 9.80. The van der Waals surface area contributed by atoms with Gasteiger partial charge in [-0.05, 0) is 13.0 Å². The highest BCUT2D eigenvalue weighted by atomic mass is 16.4. The van der Waals surface area contributed by atoms with Gasteiger partial charge in [-0.1, -0.05) is 13.3 Å². The summed E-state index contributed by atoms with van der Waals surface area (Å²) in [4.78, 5) is 11.2. The molecule has 0 aliphatic rings. The molecule has 98 valence electrons. The van der Waals surface area contributed by atoms with Gasteiger partial charge in [-0.3, -0.25) is 4.90 Å². The van der Waals surface area contributed by atoms with Crippen molar-refractivity contribution in [3.8, 4) is 0 Å². The molecule has 16 heavy (non-hydrogen) atoms. The summed E-state index contributed by atoms with van der Waals surface area (Å²) >= 11 is 0. The van der Waals surface area contributed by atoms with Crippen LogP contribution < -0.4 is 0 Å². The molecule has 0 aliphatic heterocycles. The average Bonchev–Trinajstić information content (AvgIpc) is 2.27. The van der Waals surface area contributed by atoms with Crippen molar-refractivity contribution >= 4 is 5.97 Å². The summed E-state index contributed by atoms with van der Waals surface area (Å²) in [7, 11) is 0. The Morgan fingerprint density at radius 2 is 1.50 bits per heavy atom. The number of aliphatic hydroxyl groups is 3. The average molecular weight is 237 g/mol. The molecule has 0 amide bonds. The first kappa shape index (κ1) is 17.7. The molecule has 0 atom stereocenters. The number of carbonyl (C=O) groups is 1. The first-order valence-electron chi connectivity index (χ1n) is 5.39. The molecule has 0 bridgehead atoms. The molecule has 0 rings (SSSR count). The van der Waals surface area contributed by atoms with E-state index in [4.69, 9.17) is 25.2 Å². The maximum atomic E-state index is 9.12. The van der Waals surface area contributed by atoms with Crippen molar-refractivity contribution in [2.45, 2.75) is 19.8 Å².